The zero-order valence-electron chi connectivity index (χ0n) is 17.4. The molecule has 0 saturated carbocycles. The van der Waals surface area contributed by atoms with Gasteiger partial charge in [0.1, 0.15) is 11.0 Å². The molecule has 0 fully saturated rings. The first-order chi connectivity index (χ1) is 15.0. The van der Waals surface area contributed by atoms with Gasteiger partial charge in [-0.15, -0.1) is 0 Å². The Labute approximate surface area is 190 Å². The van der Waals surface area contributed by atoms with Crippen molar-refractivity contribution in [3.05, 3.63) is 106 Å². The summed E-state index contributed by atoms with van der Waals surface area (Å²) in [6.45, 7) is 3.96. The lowest BCUT2D eigenvalue weighted by molar-refractivity contribution is -0.138. The largest absolute Gasteiger partial charge is 0.463 e. The summed E-state index contributed by atoms with van der Waals surface area (Å²) >= 11 is 6.07. The predicted octanol–water partition coefficient (Wildman–Crippen LogP) is 5.65. The average molecular weight is 454 g/mol. The van der Waals surface area contributed by atoms with Crippen molar-refractivity contribution < 1.29 is 13.7 Å². The first-order valence-corrected chi connectivity index (χ1v) is 11.4. The van der Waals surface area contributed by atoms with E-state index in [0.717, 1.165) is 16.7 Å². The number of ether oxygens (including phenoxy) is 1. The fourth-order valence-electron chi connectivity index (χ4n) is 3.01. The van der Waals surface area contributed by atoms with Crippen molar-refractivity contribution in [2.24, 2.45) is 0 Å². The van der Waals surface area contributed by atoms with Crippen molar-refractivity contribution >= 4 is 34.6 Å². The molecule has 1 N–H and O–H groups in total. The molecular weight excluding hydrogens is 430 g/mol. The molecule has 3 aromatic carbocycles. The average Bonchev–Trinajstić information content (AvgIpc) is 2.78. The van der Waals surface area contributed by atoms with Crippen LogP contribution in [-0.2, 0) is 20.5 Å². The Balaban J connectivity index is 2.05. The quantitative estimate of drug-likeness (QED) is 0.354. The molecule has 0 spiro atoms. The van der Waals surface area contributed by atoms with E-state index in [1.807, 2.05) is 73.7 Å². The highest BCUT2D eigenvalue weighted by Crippen LogP contribution is 2.28. The monoisotopic (exact) mass is 453 g/mol. The van der Waals surface area contributed by atoms with E-state index in [2.05, 4.69) is 4.72 Å². The van der Waals surface area contributed by atoms with Crippen LogP contribution in [0, 0.1) is 6.92 Å². The fourth-order valence-corrected chi connectivity index (χ4v) is 4.13. The summed E-state index contributed by atoms with van der Waals surface area (Å²) in [5.74, 6) is -0.472. The lowest BCUT2D eigenvalue weighted by Crippen LogP contribution is -2.29. The van der Waals surface area contributed by atoms with Gasteiger partial charge < -0.3 is 4.74 Å². The molecule has 160 valence electrons. The van der Waals surface area contributed by atoms with Crippen LogP contribution in [0.25, 0.3) is 6.08 Å². The summed E-state index contributed by atoms with van der Waals surface area (Å²) in [4.78, 5) is 13.6. The van der Waals surface area contributed by atoms with E-state index in [1.54, 1.807) is 25.1 Å². The van der Waals surface area contributed by atoms with E-state index >= 15 is 0 Å². The molecule has 6 heteroatoms. The van der Waals surface area contributed by atoms with Gasteiger partial charge in [0.15, 0.2) is 0 Å². The lowest BCUT2D eigenvalue weighted by Gasteiger charge is -2.21. The Bertz CT molecular complexity index is 1060. The van der Waals surface area contributed by atoms with Crippen molar-refractivity contribution in [1.29, 1.82) is 0 Å². The summed E-state index contributed by atoms with van der Waals surface area (Å²) in [6, 6.07) is 23.3. The third-order valence-electron chi connectivity index (χ3n) is 4.61. The zero-order valence-corrected chi connectivity index (χ0v) is 19.0. The number of benzene rings is 3. The van der Waals surface area contributed by atoms with Gasteiger partial charge >= 0.3 is 5.97 Å². The summed E-state index contributed by atoms with van der Waals surface area (Å²) in [7, 11) is -1.56. The minimum Gasteiger partial charge on any atom is -0.463 e. The molecule has 3 aromatic rings. The predicted molar refractivity (Wildman–Crippen MR) is 126 cm³/mol. The van der Waals surface area contributed by atoms with Crippen molar-refractivity contribution in [2.45, 2.75) is 24.8 Å². The number of nitrogens with one attached hydrogen (secondary N) is 1. The maximum absolute atomic E-state index is 13.1. The molecule has 2 atom stereocenters. The summed E-state index contributed by atoms with van der Waals surface area (Å²) in [5, 5.41) is 0.576. The molecule has 0 bridgehead atoms. The number of hydrogen-bond donors (Lipinski definition) is 1. The van der Waals surface area contributed by atoms with Gasteiger partial charge in [-0.05, 0) is 55.3 Å². The van der Waals surface area contributed by atoms with Gasteiger partial charge in [-0.3, -0.25) is 0 Å². The van der Waals surface area contributed by atoms with Gasteiger partial charge in [0.2, 0.25) is 0 Å². The summed E-state index contributed by atoms with van der Waals surface area (Å²) < 4.78 is 21.6. The molecular formula is C25H24ClNO3S. The molecule has 0 heterocycles. The fraction of sp³-hybridized carbons (Fsp3) is 0.160. The highest BCUT2D eigenvalue weighted by molar-refractivity contribution is 7.83. The third-order valence-corrected chi connectivity index (χ3v) is 6.01. The van der Waals surface area contributed by atoms with E-state index in [0.29, 0.717) is 15.5 Å². The number of hydrogen-bond acceptors (Lipinski definition) is 3. The molecule has 0 aliphatic heterocycles. The Kier molecular flexibility index (Phi) is 8.18. The van der Waals surface area contributed by atoms with Crippen molar-refractivity contribution in [3.63, 3.8) is 0 Å². The SMILES string of the molecule is CCOC(=O)/C(=C\c1ccccc1)[C@@H](NS(=O)c1ccc(C)cc1)c1ccc(Cl)cc1. The van der Waals surface area contributed by atoms with Gasteiger partial charge in [-0.2, -0.15) is 0 Å². The van der Waals surface area contributed by atoms with Crippen molar-refractivity contribution in [1.82, 2.24) is 4.72 Å². The molecule has 0 aliphatic rings. The van der Waals surface area contributed by atoms with E-state index < -0.39 is 23.0 Å². The van der Waals surface area contributed by atoms with E-state index in [4.69, 9.17) is 16.3 Å². The highest BCUT2D eigenvalue weighted by Gasteiger charge is 2.26. The normalized spacial score (nSPS) is 13.5. The van der Waals surface area contributed by atoms with Crippen LogP contribution in [0.2, 0.25) is 5.02 Å². The minimum atomic E-state index is -1.56. The molecule has 1 unspecified atom stereocenters. The number of carbonyl (C=O) groups excluding carboxylic acids is 1. The van der Waals surface area contributed by atoms with Crippen LogP contribution >= 0.6 is 11.6 Å². The third kappa shape index (κ3) is 6.37. The minimum absolute atomic E-state index is 0.235. The Morgan fingerprint density at radius 2 is 1.68 bits per heavy atom. The van der Waals surface area contributed by atoms with Crippen molar-refractivity contribution in [3.8, 4) is 0 Å². The molecule has 31 heavy (non-hydrogen) atoms. The molecule has 0 aromatic heterocycles. The zero-order chi connectivity index (χ0) is 22.2. The van der Waals surface area contributed by atoms with Gasteiger partial charge in [-0.25, -0.2) is 13.7 Å². The Morgan fingerprint density at radius 1 is 1.03 bits per heavy atom. The maximum Gasteiger partial charge on any atom is 0.336 e. The van der Waals surface area contributed by atoms with E-state index in [9.17, 15) is 9.00 Å². The van der Waals surface area contributed by atoms with Crippen LogP contribution in [0.15, 0.2) is 89.3 Å². The van der Waals surface area contributed by atoms with Crippen LogP contribution < -0.4 is 4.72 Å². The van der Waals surface area contributed by atoms with Gasteiger partial charge in [-0.1, -0.05) is 71.8 Å². The van der Waals surface area contributed by atoms with Gasteiger partial charge in [0, 0.05) is 5.02 Å². The highest BCUT2D eigenvalue weighted by atomic mass is 35.5. The van der Waals surface area contributed by atoms with Crippen LogP contribution in [0.4, 0.5) is 0 Å². The first kappa shape index (κ1) is 22.9. The Hall–Kier alpha value is -2.73. The smallest absolute Gasteiger partial charge is 0.336 e. The van der Waals surface area contributed by atoms with E-state index in [-0.39, 0.29) is 6.61 Å². The van der Waals surface area contributed by atoms with Gasteiger partial charge in [0.25, 0.3) is 0 Å². The molecule has 0 aliphatic carbocycles. The number of rotatable bonds is 8. The first-order valence-electron chi connectivity index (χ1n) is 9.91. The molecule has 0 saturated heterocycles. The van der Waals surface area contributed by atoms with Crippen LogP contribution in [-0.4, -0.2) is 16.8 Å². The maximum atomic E-state index is 13.1. The topological polar surface area (TPSA) is 55.4 Å². The molecule has 0 radical (unpaired) electrons. The summed E-state index contributed by atoms with van der Waals surface area (Å²) in [5.41, 5.74) is 3.02. The second-order valence-corrected chi connectivity index (χ2v) is 8.60. The van der Waals surface area contributed by atoms with E-state index in [1.165, 1.54) is 0 Å². The second-order valence-electron chi connectivity index (χ2n) is 6.92. The van der Waals surface area contributed by atoms with Crippen LogP contribution in [0.1, 0.15) is 29.7 Å². The number of esters is 1. The van der Waals surface area contributed by atoms with Gasteiger partial charge in [0.05, 0.1) is 23.1 Å². The lowest BCUT2D eigenvalue weighted by atomic mass is 9.97. The molecule has 3 rings (SSSR count). The number of halogens is 1. The number of carbonyl (C=O) groups is 1. The standard InChI is InChI=1S/C25H24ClNO3S/c1-3-30-25(28)23(17-19-7-5-4-6-8-19)24(20-11-13-21(26)14-12-20)27-31(29)22-15-9-18(2)10-16-22/h4-17,24,27H,3H2,1-2H3/b23-17-/t24-,31?/m0/s1. The molecule has 0 amide bonds. The Morgan fingerprint density at radius 3 is 2.29 bits per heavy atom. The second kappa shape index (κ2) is 11.0. The van der Waals surface area contributed by atoms with Crippen LogP contribution in [0.5, 0.6) is 0 Å². The number of aryl methyl sites for hydroxylation is 1. The summed E-state index contributed by atoms with van der Waals surface area (Å²) in [6.07, 6.45) is 1.76. The molecule has 4 nitrogen and oxygen atoms in total. The van der Waals surface area contributed by atoms with Crippen LogP contribution in [0.3, 0.4) is 0 Å². The van der Waals surface area contributed by atoms with Crippen molar-refractivity contribution in [2.75, 3.05) is 6.61 Å².